The van der Waals surface area contributed by atoms with Crippen molar-refractivity contribution in [2.45, 2.75) is 388 Å². The molecule has 16 aliphatic rings. The molecule has 0 saturated carbocycles. The van der Waals surface area contributed by atoms with E-state index in [0.717, 1.165) is 148 Å². The summed E-state index contributed by atoms with van der Waals surface area (Å²) < 4.78 is 93.8. The molecule has 0 radical (unpaired) electrons. The van der Waals surface area contributed by atoms with E-state index in [-0.39, 0.29) is 165 Å². The first-order valence-corrected chi connectivity index (χ1v) is 40.8. The SMILES string of the molecule is C=CC[C@@H]1O[C@H]2[C@H]3O[C@]4(CC[C@H]5CC(=C)[C@H](CCC6C[C@@H](C)C(=C)[C@@H](C[C@@H]7O[C@H](C[C@H](C)CC)[C@H](C)[C@H]7CC)O6)O5)C[C@H]3O[C@H]2[C@@H](O4)C1C.C=CC[C@@H]1O[C@H]2[C@H]3O[C@]4(CC[C@H]5CC(=C)[C@H](CCC6C[C@@H](C)C(=C)[C@@H](C[C@@H]7O[C@H](C[C@H](C)CC)[C@H](C)[C@H]7CCO)O6)O5)C[C@H]3O[C@H]2[C@@H](O4)C1C.O=C=O. The first-order chi connectivity index (χ1) is 49.0. The van der Waals surface area contributed by atoms with Crippen LogP contribution in [0, 0.1) is 59.2 Å². The highest BCUT2D eigenvalue weighted by Crippen LogP contribution is 2.57. The number of hydrogen-bond donors (Lipinski definition) is 1. The number of carbonyl (C=O) groups excluding carboxylic acids is 2. The van der Waals surface area contributed by atoms with Gasteiger partial charge in [0.15, 0.2) is 11.6 Å². The number of rotatable bonds is 29. The molecule has 16 rings (SSSR count). The molecule has 16 saturated heterocycles. The molecule has 0 aromatic carbocycles. The monoisotopic (exact) mass is 1420 g/mol. The molecule has 0 aromatic heterocycles. The van der Waals surface area contributed by atoms with Crippen LogP contribution in [-0.4, -0.2) is 176 Å². The normalized spacial score (nSPS) is 47.8. The largest absolute Gasteiger partial charge is 0.396 e. The average Bonchev–Trinajstić information content (AvgIpc) is 1.56. The molecule has 17 heteroatoms. The van der Waals surface area contributed by atoms with E-state index in [4.69, 9.17) is 75.9 Å². The summed E-state index contributed by atoms with van der Waals surface area (Å²) in [4.78, 5) is 16.2. The number of hydrogen-bond acceptors (Lipinski definition) is 17. The quantitative estimate of drug-likeness (QED) is 0.0697. The highest BCUT2D eigenvalue weighted by atomic mass is 16.8. The third-order valence-electron chi connectivity index (χ3n) is 27.9. The smallest absolute Gasteiger partial charge is 0.373 e. The predicted molar refractivity (Wildman–Crippen MR) is 389 cm³/mol. The van der Waals surface area contributed by atoms with E-state index in [1.807, 2.05) is 12.2 Å². The second-order valence-electron chi connectivity index (χ2n) is 34.7. The van der Waals surface area contributed by atoms with Crippen molar-refractivity contribution in [3.05, 3.63) is 73.9 Å². The highest BCUT2D eigenvalue weighted by molar-refractivity contribution is 5.20. The van der Waals surface area contributed by atoms with Gasteiger partial charge in [-0.05, 0) is 166 Å². The van der Waals surface area contributed by atoms with Crippen molar-refractivity contribution in [1.29, 1.82) is 0 Å². The molecule has 0 amide bonds. The van der Waals surface area contributed by atoms with E-state index in [2.05, 4.69) is 116 Å². The van der Waals surface area contributed by atoms with Crippen LogP contribution in [0.4, 0.5) is 0 Å². The molecule has 1 N–H and O–H groups in total. The molecule has 4 unspecified atom stereocenters. The topological polar surface area (TPSA) is 184 Å². The summed E-state index contributed by atoms with van der Waals surface area (Å²) in [6.45, 7) is 51.4. The van der Waals surface area contributed by atoms with E-state index < -0.39 is 11.6 Å². The van der Waals surface area contributed by atoms with Gasteiger partial charge in [-0.1, -0.05) is 134 Å². The minimum Gasteiger partial charge on any atom is -0.396 e. The van der Waals surface area contributed by atoms with Crippen LogP contribution in [0.25, 0.3) is 0 Å². The van der Waals surface area contributed by atoms with Crippen molar-refractivity contribution < 1.29 is 81.0 Å². The summed E-state index contributed by atoms with van der Waals surface area (Å²) in [6.07, 6.45) is 28.1. The third kappa shape index (κ3) is 16.7. The second kappa shape index (κ2) is 34.0. The molecule has 16 heterocycles. The fourth-order valence-electron chi connectivity index (χ4n) is 21.2. The standard InChI is InChI=1S/C42H66O8.C42H66O7.CO2/c1-9-11-33-28(8)38-40-41(47-33)39-37(48-40)22-42(49-38,50-39)16-14-30-20-25(5)32(44-30)13-12-29-19-24(4)26(6)35(45-29)21-36-31(15-17-43)27(7)34(46-36)18-23(3)10-2;1-10-13-33-28(9)38-40-41(46-33)39-37(47-40)22-42(48-38,49-39)17-16-30-20-25(6)32(43-30)15-14-29-19-24(5)26(7)35(44-29)21-36-31(12-3)27(8)34(45-36)18-23(4)11-2;2-1-3/h9,23-24,27-41,43H,1,5-6,10-22H2,2-4,7-8H3;10,23-24,27-41H,1,6-7,11-22H2,2-5,8-9H3;/t2*23-,24-,27-,28?,29?,30+,31-,32+,33+,34-,35-,36+,37-,38+,39+,40+,41+,42-;/m11./s1. The summed E-state index contributed by atoms with van der Waals surface area (Å²) in [7, 11) is 0. The zero-order valence-electron chi connectivity index (χ0n) is 64.2. The molecule has 102 heavy (non-hydrogen) atoms. The van der Waals surface area contributed by atoms with E-state index in [1.54, 1.807) is 0 Å². The van der Waals surface area contributed by atoms with Gasteiger partial charge < -0.3 is 71.4 Å². The maximum atomic E-state index is 9.90. The van der Waals surface area contributed by atoms with Gasteiger partial charge in [0.1, 0.15) is 36.6 Å². The molecular formula is C85H132O17. The minimum absolute atomic E-state index is 0.0196. The summed E-state index contributed by atoms with van der Waals surface area (Å²) in [5.41, 5.74) is 4.83. The van der Waals surface area contributed by atoms with Crippen molar-refractivity contribution in [3.8, 4) is 0 Å². The lowest BCUT2D eigenvalue weighted by Crippen LogP contribution is -2.54. The second-order valence-corrected chi connectivity index (χ2v) is 34.7. The lowest BCUT2D eigenvalue weighted by Gasteiger charge is -2.42. The molecule has 16 aliphatic heterocycles. The molecular weight excluding hydrogens is 1290 g/mol. The first-order valence-electron chi connectivity index (χ1n) is 40.8. The van der Waals surface area contributed by atoms with E-state index in [9.17, 15) is 5.11 Å². The maximum Gasteiger partial charge on any atom is 0.373 e. The van der Waals surface area contributed by atoms with Crippen LogP contribution >= 0.6 is 0 Å². The molecule has 574 valence electrons. The van der Waals surface area contributed by atoms with E-state index in [1.165, 1.54) is 28.7 Å². The van der Waals surface area contributed by atoms with Crippen LogP contribution in [0.1, 0.15) is 230 Å². The molecule has 0 aliphatic carbocycles. The van der Waals surface area contributed by atoms with Crippen LogP contribution in [0.5, 0.6) is 0 Å². The summed E-state index contributed by atoms with van der Waals surface area (Å²) in [5.74, 6) is 3.31. The van der Waals surface area contributed by atoms with Crippen molar-refractivity contribution in [3.63, 3.8) is 0 Å². The van der Waals surface area contributed by atoms with Gasteiger partial charge in [0, 0.05) is 57.0 Å². The molecule has 0 aromatic rings. The van der Waals surface area contributed by atoms with Crippen molar-refractivity contribution in [2.24, 2.45) is 59.2 Å². The number of aliphatic hydroxyl groups is 1. The fourth-order valence-corrected chi connectivity index (χ4v) is 21.2. The van der Waals surface area contributed by atoms with Crippen molar-refractivity contribution in [1.82, 2.24) is 0 Å². The van der Waals surface area contributed by atoms with Gasteiger partial charge >= 0.3 is 6.15 Å². The van der Waals surface area contributed by atoms with E-state index >= 15 is 0 Å². The molecule has 16 fully saturated rings. The Labute approximate surface area is 612 Å². The van der Waals surface area contributed by atoms with Gasteiger partial charge in [-0.15, -0.1) is 13.2 Å². The molecule has 12 bridgehead atoms. The van der Waals surface area contributed by atoms with Gasteiger partial charge in [-0.3, -0.25) is 0 Å². The predicted octanol–water partition coefficient (Wildman–Crippen LogP) is 15.4. The van der Waals surface area contributed by atoms with Crippen molar-refractivity contribution in [2.75, 3.05) is 6.61 Å². The average molecular weight is 1430 g/mol. The van der Waals surface area contributed by atoms with Crippen LogP contribution in [0.3, 0.4) is 0 Å². The van der Waals surface area contributed by atoms with Crippen molar-refractivity contribution >= 4 is 6.15 Å². The Kier molecular flexibility index (Phi) is 26.3. The van der Waals surface area contributed by atoms with E-state index in [0.29, 0.717) is 53.4 Å². The van der Waals surface area contributed by atoms with Gasteiger partial charge in [0.25, 0.3) is 0 Å². The Morgan fingerprint density at radius 2 is 0.853 bits per heavy atom. The minimum atomic E-state index is -0.637. The first kappa shape index (κ1) is 78.8. The lowest BCUT2D eigenvalue weighted by atomic mass is 9.79. The van der Waals surface area contributed by atoms with Gasteiger partial charge in [0.2, 0.25) is 0 Å². The molecule has 36 atom stereocenters. The van der Waals surface area contributed by atoms with Crippen LogP contribution in [-0.2, 0) is 75.9 Å². The highest BCUT2D eigenvalue weighted by Gasteiger charge is 2.69. The number of ether oxygens (including phenoxy) is 14. The maximum absolute atomic E-state index is 9.90. The fraction of sp³-hybridized carbons (Fsp3) is 0.847. The zero-order valence-corrected chi connectivity index (χ0v) is 64.2. The van der Waals surface area contributed by atoms with Crippen LogP contribution in [0.2, 0.25) is 0 Å². The Balaban J connectivity index is 0.000000186. The number of aliphatic hydroxyl groups excluding tert-OH is 1. The summed E-state index contributed by atoms with van der Waals surface area (Å²) in [5, 5.41) is 9.90. The molecule has 0 spiro atoms. The van der Waals surface area contributed by atoms with Crippen LogP contribution < -0.4 is 0 Å². The Morgan fingerprint density at radius 3 is 1.25 bits per heavy atom. The Hall–Kier alpha value is -2.78. The summed E-state index contributed by atoms with van der Waals surface area (Å²) in [6, 6.07) is 0. The third-order valence-corrected chi connectivity index (χ3v) is 27.9. The van der Waals surface area contributed by atoms with Gasteiger partial charge in [-0.2, -0.15) is 9.59 Å². The van der Waals surface area contributed by atoms with Gasteiger partial charge in [-0.25, -0.2) is 0 Å². The van der Waals surface area contributed by atoms with Gasteiger partial charge in [0.05, 0.1) is 110 Å². The Morgan fingerprint density at radius 1 is 0.461 bits per heavy atom. The summed E-state index contributed by atoms with van der Waals surface area (Å²) >= 11 is 0. The van der Waals surface area contributed by atoms with Crippen LogP contribution in [0.15, 0.2) is 73.9 Å². The lowest BCUT2D eigenvalue weighted by molar-refractivity contribution is -0.263. The molecule has 17 nitrogen and oxygen atoms in total. The Bertz CT molecular complexity index is 2890. The zero-order chi connectivity index (χ0) is 72.6.